The van der Waals surface area contributed by atoms with E-state index in [2.05, 4.69) is 11.4 Å². The van der Waals surface area contributed by atoms with Crippen molar-refractivity contribution < 1.29 is 9.90 Å². The molecule has 2 N–H and O–H groups in total. The van der Waals surface area contributed by atoms with Crippen molar-refractivity contribution in [2.75, 3.05) is 5.32 Å². The summed E-state index contributed by atoms with van der Waals surface area (Å²) in [5, 5.41) is 12.2. The van der Waals surface area contributed by atoms with Crippen LogP contribution in [0.15, 0.2) is 18.2 Å². The van der Waals surface area contributed by atoms with Crippen LogP contribution in [-0.2, 0) is 4.79 Å². The zero-order valence-corrected chi connectivity index (χ0v) is 9.66. The summed E-state index contributed by atoms with van der Waals surface area (Å²) in [4.78, 5) is 11.1. The molecule has 1 aliphatic rings. The van der Waals surface area contributed by atoms with Crippen LogP contribution in [0.2, 0.25) is 0 Å². The van der Waals surface area contributed by atoms with Crippen LogP contribution in [0, 0.1) is 19.8 Å². The first-order valence-corrected chi connectivity index (χ1v) is 5.64. The van der Waals surface area contributed by atoms with Crippen LogP contribution < -0.4 is 5.32 Å². The molecule has 0 bridgehead atoms. The normalized spacial score (nSPS) is 16.9. The van der Waals surface area contributed by atoms with Gasteiger partial charge in [-0.2, -0.15) is 0 Å². The van der Waals surface area contributed by atoms with Crippen molar-refractivity contribution in [3.05, 3.63) is 29.3 Å². The molecule has 16 heavy (non-hydrogen) atoms. The van der Waals surface area contributed by atoms with Crippen LogP contribution >= 0.6 is 0 Å². The summed E-state index contributed by atoms with van der Waals surface area (Å²) in [5.41, 5.74) is 3.22. The second kappa shape index (κ2) is 4.16. The molecule has 0 heterocycles. The van der Waals surface area contributed by atoms with Crippen molar-refractivity contribution in [3.8, 4) is 0 Å². The van der Waals surface area contributed by atoms with Gasteiger partial charge in [0, 0.05) is 5.69 Å². The molecule has 1 aromatic rings. The van der Waals surface area contributed by atoms with Crippen LogP contribution in [0.3, 0.4) is 0 Å². The van der Waals surface area contributed by atoms with Crippen LogP contribution in [0.4, 0.5) is 5.69 Å². The first-order valence-electron chi connectivity index (χ1n) is 5.64. The highest BCUT2D eigenvalue weighted by Gasteiger charge is 2.36. The number of carboxylic acids is 1. The second-order valence-corrected chi connectivity index (χ2v) is 4.67. The van der Waals surface area contributed by atoms with Gasteiger partial charge in [-0.15, -0.1) is 0 Å². The Morgan fingerprint density at radius 1 is 1.31 bits per heavy atom. The molecule has 0 amide bonds. The Kier molecular flexibility index (Phi) is 2.86. The van der Waals surface area contributed by atoms with E-state index in [-0.39, 0.29) is 0 Å². The molecule has 0 aliphatic heterocycles. The average Bonchev–Trinajstić information content (AvgIpc) is 2.95. The number of anilines is 1. The molecule has 1 fully saturated rings. The zero-order chi connectivity index (χ0) is 11.7. The third kappa shape index (κ3) is 2.54. The van der Waals surface area contributed by atoms with Gasteiger partial charge in [-0.25, -0.2) is 4.79 Å². The highest BCUT2D eigenvalue weighted by Crippen LogP contribution is 2.34. The van der Waals surface area contributed by atoms with Crippen molar-refractivity contribution in [1.82, 2.24) is 0 Å². The van der Waals surface area contributed by atoms with Crippen molar-refractivity contribution in [3.63, 3.8) is 0 Å². The van der Waals surface area contributed by atoms with Crippen LogP contribution in [0.25, 0.3) is 0 Å². The van der Waals surface area contributed by atoms with E-state index >= 15 is 0 Å². The molecule has 1 aromatic carbocycles. The molecule has 86 valence electrons. The minimum atomic E-state index is -0.748. The van der Waals surface area contributed by atoms with Gasteiger partial charge < -0.3 is 10.4 Å². The van der Waals surface area contributed by atoms with E-state index in [1.54, 1.807) is 0 Å². The quantitative estimate of drug-likeness (QED) is 0.818. The Labute approximate surface area is 95.5 Å². The smallest absolute Gasteiger partial charge is 0.326 e. The van der Waals surface area contributed by atoms with E-state index < -0.39 is 12.0 Å². The third-order valence-corrected chi connectivity index (χ3v) is 2.90. The number of aryl methyl sites for hydroxylation is 2. The van der Waals surface area contributed by atoms with Crippen LogP contribution in [0.1, 0.15) is 24.0 Å². The predicted molar refractivity (Wildman–Crippen MR) is 63.7 cm³/mol. The Morgan fingerprint density at radius 2 is 1.88 bits per heavy atom. The molecule has 3 heteroatoms. The second-order valence-electron chi connectivity index (χ2n) is 4.67. The molecule has 0 saturated heterocycles. The lowest BCUT2D eigenvalue weighted by molar-refractivity contribution is -0.138. The highest BCUT2D eigenvalue weighted by atomic mass is 16.4. The minimum absolute atomic E-state index is 0.304. The highest BCUT2D eigenvalue weighted by molar-refractivity contribution is 5.78. The maximum atomic E-state index is 11.1. The van der Waals surface area contributed by atoms with Crippen LogP contribution in [0.5, 0.6) is 0 Å². The number of carboxylic acid groups (broad SMARTS) is 1. The van der Waals surface area contributed by atoms with Gasteiger partial charge in [-0.05, 0) is 55.9 Å². The number of carbonyl (C=O) groups is 1. The topological polar surface area (TPSA) is 49.3 Å². The van der Waals surface area contributed by atoms with Crippen molar-refractivity contribution in [1.29, 1.82) is 0 Å². The van der Waals surface area contributed by atoms with E-state index in [1.807, 2.05) is 26.0 Å². The number of benzene rings is 1. The molecule has 0 spiro atoms. The minimum Gasteiger partial charge on any atom is -0.480 e. The molecule has 1 atom stereocenters. The zero-order valence-electron chi connectivity index (χ0n) is 9.66. The van der Waals surface area contributed by atoms with Crippen molar-refractivity contribution in [2.24, 2.45) is 5.92 Å². The standard InChI is InChI=1S/C13H17NO2/c1-8-5-9(2)7-11(6-8)14-12(13(15)16)10-3-4-10/h5-7,10,12,14H,3-4H2,1-2H3,(H,15,16). The molecule has 1 aliphatic carbocycles. The average molecular weight is 219 g/mol. The Bertz CT molecular complexity index is 390. The van der Waals surface area contributed by atoms with E-state index in [1.165, 1.54) is 0 Å². The van der Waals surface area contributed by atoms with Gasteiger partial charge in [0.25, 0.3) is 0 Å². The summed E-state index contributed by atoms with van der Waals surface area (Å²) in [7, 11) is 0. The number of nitrogens with one attached hydrogen (secondary N) is 1. The van der Waals surface area contributed by atoms with E-state index in [9.17, 15) is 4.79 Å². The number of hydrogen-bond acceptors (Lipinski definition) is 2. The van der Waals surface area contributed by atoms with Gasteiger partial charge >= 0.3 is 5.97 Å². The SMILES string of the molecule is Cc1cc(C)cc(NC(C(=O)O)C2CC2)c1. The summed E-state index contributed by atoms with van der Waals surface area (Å²) in [6, 6.07) is 5.63. The fourth-order valence-electron chi connectivity index (χ4n) is 2.05. The van der Waals surface area contributed by atoms with E-state index in [4.69, 9.17) is 5.11 Å². The molecule has 1 unspecified atom stereocenters. The summed E-state index contributed by atoms with van der Waals surface area (Å²) >= 11 is 0. The number of aliphatic carboxylic acids is 1. The predicted octanol–water partition coefficient (Wildman–Crippen LogP) is 2.58. The summed E-state index contributed by atoms with van der Waals surface area (Å²) in [5.74, 6) is -0.444. The van der Waals surface area contributed by atoms with Crippen molar-refractivity contribution in [2.45, 2.75) is 32.7 Å². The van der Waals surface area contributed by atoms with Gasteiger partial charge in [-0.1, -0.05) is 6.07 Å². The van der Waals surface area contributed by atoms with Gasteiger partial charge in [-0.3, -0.25) is 0 Å². The number of hydrogen-bond donors (Lipinski definition) is 2. The fourth-order valence-corrected chi connectivity index (χ4v) is 2.05. The van der Waals surface area contributed by atoms with Crippen LogP contribution in [-0.4, -0.2) is 17.1 Å². The monoisotopic (exact) mass is 219 g/mol. The maximum absolute atomic E-state index is 11.1. The molecule has 1 saturated carbocycles. The Balaban J connectivity index is 2.14. The lowest BCUT2D eigenvalue weighted by atomic mass is 10.1. The molecule has 3 nitrogen and oxygen atoms in total. The maximum Gasteiger partial charge on any atom is 0.326 e. The first-order chi connectivity index (χ1) is 7.56. The third-order valence-electron chi connectivity index (χ3n) is 2.90. The molecular weight excluding hydrogens is 202 g/mol. The molecule has 2 rings (SSSR count). The number of rotatable bonds is 4. The van der Waals surface area contributed by atoms with Crippen molar-refractivity contribution >= 4 is 11.7 Å². The largest absolute Gasteiger partial charge is 0.480 e. The lowest BCUT2D eigenvalue weighted by Crippen LogP contribution is -2.31. The van der Waals surface area contributed by atoms with E-state index in [0.29, 0.717) is 5.92 Å². The lowest BCUT2D eigenvalue weighted by Gasteiger charge is -2.15. The van der Waals surface area contributed by atoms with E-state index in [0.717, 1.165) is 29.7 Å². The Hall–Kier alpha value is -1.51. The van der Waals surface area contributed by atoms with Gasteiger partial charge in [0.2, 0.25) is 0 Å². The molecular formula is C13H17NO2. The van der Waals surface area contributed by atoms with Gasteiger partial charge in [0.05, 0.1) is 0 Å². The molecule has 0 aromatic heterocycles. The molecule has 0 radical (unpaired) electrons. The fraction of sp³-hybridized carbons (Fsp3) is 0.462. The first kappa shape index (κ1) is 11.0. The summed E-state index contributed by atoms with van der Waals surface area (Å²) in [6.45, 7) is 4.04. The Morgan fingerprint density at radius 3 is 2.31 bits per heavy atom. The summed E-state index contributed by atoms with van der Waals surface area (Å²) < 4.78 is 0. The van der Waals surface area contributed by atoms with Gasteiger partial charge in [0.1, 0.15) is 6.04 Å². The summed E-state index contributed by atoms with van der Waals surface area (Å²) in [6.07, 6.45) is 2.05. The van der Waals surface area contributed by atoms with Gasteiger partial charge in [0.15, 0.2) is 0 Å².